The topological polar surface area (TPSA) is 51.6 Å². The lowest BCUT2D eigenvalue weighted by molar-refractivity contribution is 0.106. The Morgan fingerprint density at radius 2 is 2.33 bits per heavy atom. The zero-order valence-electron chi connectivity index (χ0n) is 9.32. The molecule has 0 aromatic carbocycles. The van der Waals surface area contributed by atoms with Crippen LogP contribution < -0.4 is 5.73 Å². The van der Waals surface area contributed by atoms with E-state index in [1.807, 2.05) is 12.1 Å². The first kappa shape index (κ1) is 12.2. The number of nitrogens with two attached hydrogens (primary N) is 1. The van der Waals surface area contributed by atoms with Crippen molar-refractivity contribution in [2.45, 2.75) is 13.5 Å². The third-order valence-corrected chi connectivity index (χ3v) is 2.22. The van der Waals surface area contributed by atoms with Crippen LogP contribution in [0.25, 0.3) is 0 Å². The Bertz CT molecular complexity index is 237. The highest BCUT2D eigenvalue weighted by Gasteiger charge is 2.04. The third-order valence-electron chi connectivity index (χ3n) is 2.22. The Morgan fingerprint density at radius 3 is 2.93 bits per heavy atom. The second-order valence-electron chi connectivity index (χ2n) is 3.35. The van der Waals surface area contributed by atoms with Gasteiger partial charge >= 0.3 is 0 Å². The van der Waals surface area contributed by atoms with Gasteiger partial charge in [-0.25, -0.2) is 0 Å². The lowest BCUT2D eigenvalue weighted by Gasteiger charge is -2.18. The molecule has 1 rings (SSSR count). The van der Waals surface area contributed by atoms with Crippen molar-refractivity contribution in [3.05, 3.63) is 24.2 Å². The molecule has 0 saturated carbocycles. The molecule has 0 aliphatic carbocycles. The molecule has 0 amide bonds. The average Bonchev–Trinajstić information content (AvgIpc) is 2.75. The van der Waals surface area contributed by atoms with Crippen molar-refractivity contribution in [1.82, 2.24) is 4.90 Å². The van der Waals surface area contributed by atoms with Crippen molar-refractivity contribution >= 4 is 0 Å². The number of rotatable bonds is 8. The molecule has 0 saturated heterocycles. The first-order chi connectivity index (χ1) is 7.36. The molecule has 1 aromatic heterocycles. The van der Waals surface area contributed by atoms with Gasteiger partial charge in [-0.15, -0.1) is 0 Å². The van der Waals surface area contributed by atoms with E-state index in [1.165, 1.54) is 0 Å². The highest BCUT2D eigenvalue weighted by Crippen LogP contribution is 2.04. The molecule has 1 heterocycles. The molecule has 0 spiro atoms. The maximum atomic E-state index is 5.34. The third kappa shape index (κ3) is 4.97. The van der Waals surface area contributed by atoms with E-state index in [0.29, 0.717) is 13.2 Å². The maximum absolute atomic E-state index is 5.34. The van der Waals surface area contributed by atoms with Gasteiger partial charge in [-0.1, -0.05) is 6.92 Å². The van der Waals surface area contributed by atoms with E-state index in [0.717, 1.165) is 32.0 Å². The highest BCUT2D eigenvalue weighted by atomic mass is 16.5. The molecule has 0 bridgehead atoms. The molecule has 4 nitrogen and oxygen atoms in total. The summed E-state index contributed by atoms with van der Waals surface area (Å²) < 4.78 is 10.6. The van der Waals surface area contributed by atoms with E-state index in [2.05, 4.69) is 11.8 Å². The van der Waals surface area contributed by atoms with Gasteiger partial charge in [0.15, 0.2) is 0 Å². The van der Waals surface area contributed by atoms with Crippen LogP contribution in [0, 0.1) is 0 Å². The van der Waals surface area contributed by atoms with Crippen LogP contribution in [0.15, 0.2) is 22.8 Å². The van der Waals surface area contributed by atoms with Crippen LogP contribution in [-0.4, -0.2) is 37.7 Å². The Morgan fingerprint density at radius 1 is 1.47 bits per heavy atom. The molecule has 0 atom stereocenters. The van der Waals surface area contributed by atoms with Gasteiger partial charge < -0.3 is 14.9 Å². The molecule has 0 aliphatic rings. The molecule has 0 unspecified atom stereocenters. The number of likely N-dealkylation sites (N-methyl/N-ethyl adjacent to an activating group) is 1. The summed E-state index contributed by atoms with van der Waals surface area (Å²) in [5.41, 5.74) is 5.33. The number of nitrogens with zero attached hydrogens (tertiary/aromatic N) is 1. The van der Waals surface area contributed by atoms with Gasteiger partial charge in [-0.3, -0.25) is 4.90 Å². The fraction of sp³-hybridized carbons (Fsp3) is 0.636. The molecule has 15 heavy (non-hydrogen) atoms. The summed E-state index contributed by atoms with van der Waals surface area (Å²) >= 11 is 0. The van der Waals surface area contributed by atoms with E-state index in [1.54, 1.807) is 6.26 Å². The van der Waals surface area contributed by atoms with Crippen LogP contribution >= 0.6 is 0 Å². The van der Waals surface area contributed by atoms with Crippen molar-refractivity contribution in [2.24, 2.45) is 5.73 Å². The lowest BCUT2D eigenvalue weighted by atomic mass is 10.4. The normalized spacial score (nSPS) is 11.1. The molecule has 1 aromatic rings. The van der Waals surface area contributed by atoms with Crippen LogP contribution in [0.1, 0.15) is 12.7 Å². The second kappa shape index (κ2) is 7.45. The van der Waals surface area contributed by atoms with Crippen LogP contribution in [0.5, 0.6) is 0 Å². The fourth-order valence-corrected chi connectivity index (χ4v) is 1.35. The van der Waals surface area contributed by atoms with Crippen molar-refractivity contribution < 1.29 is 9.15 Å². The maximum Gasteiger partial charge on any atom is 0.117 e. The molecular weight excluding hydrogens is 192 g/mol. The second-order valence-corrected chi connectivity index (χ2v) is 3.35. The largest absolute Gasteiger partial charge is 0.468 e. The fourth-order valence-electron chi connectivity index (χ4n) is 1.35. The van der Waals surface area contributed by atoms with E-state index in [4.69, 9.17) is 14.9 Å². The van der Waals surface area contributed by atoms with Gasteiger partial charge in [-0.2, -0.15) is 0 Å². The summed E-state index contributed by atoms with van der Waals surface area (Å²) in [6.07, 6.45) is 1.70. The van der Waals surface area contributed by atoms with Gasteiger partial charge in [-0.05, 0) is 18.7 Å². The van der Waals surface area contributed by atoms with E-state index < -0.39 is 0 Å². The van der Waals surface area contributed by atoms with Gasteiger partial charge in [0, 0.05) is 13.1 Å². The number of hydrogen-bond donors (Lipinski definition) is 1. The first-order valence-corrected chi connectivity index (χ1v) is 5.39. The monoisotopic (exact) mass is 212 g/mol. The van der Waals surface area contributed by atoms with Gasteiger partial charge in [0.05, 0.1) is 26.0 Å². The van der Waals surface area contributed by atoms with Crippen molar-refractivity contribution in [2.75, 3.05) is 32.8 Å². The van der Waals surface area contributed by atoms with Gasteiger partial charge in [0.2, 0.25) is 0 Å². The predicted molar refractivity (Wildman–Crippen MR) is 59.5 cm³/mol. The summed E-state index contributed by atoms with van der Waals surface area (Å²) in [6, 6.07) is 3.90. The number of furan rings is 1. The minimum absolute atomic E-state index is 0.588. The Hall–Kier alpha value is -0.840. The number of ether oxygens (including phenoxy) is 1. The average molecular weight is 212 g/mol. The number of hydrogen-bond acceptors (Lipinski definition) is 4. The summed E-state index contributed by atoms with van der Waals surface area (Å²) in [5.74, 6) is 0.996. The minimum atomic E-state index is 0.588. The summed E-state index contributed by atoms with van der Waals surface area (Å²) in [6.45, 7) is 6.83. The molecule has 0 radical (unpaired) electrons. The Labute approximate surface area is 91.0 Å². The van der Waals surface area contributed by atoms with Crippen molar-refractivity contribution in [3.63, 3.8) is 0 Å². The van der Waals surface area contributed by atoms with E-state index in [-0.39, 0.29) is 0 Å². The standard InChI is InChI=1S/C11H20N2O2/c1-2-13(6-9-14-8-5-12)10-11-4-3-7-15-11/h3-4,7H,2,5-6,8-10,12H2,1H3. The SMILES string of the molecule is CCN(CCOCCN)Cc1ccco1. The molecule has 4 heteroatoms. The van der Waals surface area contributed by atoms with E-state index in [9.17, 15) is 0 Å². The van der Waals surface area contributed by atoms with E-state index >= 15 is 0 Å². The Balaban J connectivity index is 2.18. The van der Waals surface area contributed by atoms with Crippen molar-refractivity contribution in [3.8, 4) is 0 Å². The lowest BCUT2D eigenvalue weighted by Crippen LogP contribution is -2.27. The van der Waals surface area contributed by atoms with Crippen molar-refractivity contribution in [1.29, 1.82) is 0 Å². The van der Waals surface area contributed by atoms with Gasteiger partial charge in [0.1, 0.15) is 5.76 Å². The van der Waals surface area contributed by atoms with Crippen LogP contribution in [0.3, 0.4) is 0 Å². The van der Waals surface area contributed by atoms with Crippen LogP contribution in [-0.2, 0) is 11.3 Å². The molecular formula is C11H20N2O2. The highest BCUT2D eigenvalue weighted by molar-refractivity contribution is 4.97. The summed E-state index contributed by atoms with van der Waals surface area (Å²) in [5, 5.41) is 0. The molecule has 0 fully saturated rings. The first-order valence-electron chi connectivity index (χ1n) is 5.39. The van der Waals surface area contributed by atoms with Crippen LogP contribution in [0.2, 0.25) is 0 Å². The smallest absolute Gasteiger partial charge is 0.117 e. The summed E-state index contributed by atoms with van der Waals surface area (Å²) in [4.78, 5) is 2.27. The Kier molecular flexibility index (Phi) is 6.08. The zero-order valence-corrected chi connectivity index (χ0v) is 9.32. The quantitative estimate of drug-likeness (QED) is 0.655. The molecule has 86 valence electrons. The minimum Gasteiger partial charge on any atom is -0.468 e. The van der Waals surface area contributed by atoms with Gasteiger partial charge in [0.25, 0.3) is 0 Å². The molecule has 2 N–H and O–H groups in total. The predicted octanol–water partition coefficient (Wildman–Crippen LogP) is 1.08. The van der Waals surface area contributed by atoms with Crippen LogP contribution in [0.4, 0.5) is 0 Å². The zero-order chi connectivity index (χ0) is 10.9. The summed E-state index contributed by atoms with van der Waals surface area (Å²) in [7, 11) is 0. The molecule has 0 aliphatic heterocycles.